The highest BCUT2D eigenvalue weighted by Crippen LogP contribution is 2.34. The van der Waals surface area contributed by atoms with Gasteiger partial charge in [0, 0.05) is 13.0 Å². The van der Waals surface area contributed by atoms with E-state index in [1.165, 1.54) is 14.0 Å². The minimum Gasteiger partial charge on any atom is -0.497 e. The summed E-state index contributed by atoms with van der Waals surface area (Å²) in [5, 5.41) is 0.533. The van der Waals surface area contributed by atoms with Crippen LogP contribution in [0.25, 0.3) is 11.0 Å². The first-order valence-corrected chi connectivity index (χ1v) is 7.67. The lowest BCUT2D eigenvalue weighted by Gasteiger charge is -2.12. The van der Waals surface area contributed by atoms with Gasteiger partial charge >= 0.3 is 11.6 Å². The molecule has 0 aliphatic heterocycles. The van der Waals surface area contributed by atoms with Crippen LogP contribution in [-0.2, 0) is 4.79 Å². The van der Waals surface area contributed by atoms with Crippen LogP contribution in [0.3, 0.4) is 0 Å². The number of fused-ring (bicyclic) bond motifs is 1. The van der Waals surface area contributed by atoms with Crippen LogP contribution in [0, 0.1) is 0 Å². The number of ether oxygens (including phenoxy) is 3. The first kappa shape index (κ1) is 17.6. The standard InChI is InChI=1S/C18H20O6/c1-4-5-6-7-10-22-16-14-9-8-13(21-3)11-15(14)24-18(20)17(16)23-12(2)19/h5-6,8-9,11H,4,7,10H2,1-3H3/b6-5+. The van der Waals surface area contributed by atoms with E-state index in [0.29, 0.717) is 29.7 Å². The van der Waals surface area contributed by atoms with Crippen molar-refractivity contribution in [1.82, 2.24) is 0 Å². The monoisotopic (exact) mass is 332 g/mol. The normalized spacial score (nSPS) is 11.0. The Kier molecular flexibility index (Phi) is 6.01. The van der Waals surface area contributed by atoms with Crippen LogP contribution in [0.1, 0.15) is 26.7 Å². The maximum atomic E-state index is 12.1. The molecule has 0 unspecified atom stereocenters. The lowest BCUT2D eigenvalue weighted by Crippen LogP contribution is -2.13. The van der Waals surface area contributed by atoms with Gasteiger partial charge in [0.1, 0.15) is 11.3 Å². The largest absolute Gasteiger partial charge is 0.497 e. The van der Waals surface area contributed by atoms with E-state index >= 15 is 0 Å². The Morgan fingerprint density at radius 1 is 1.25 bits per heavy atom. The highest BCUT2D eigenvalue weighted by molar-refractivity contribution is 5.87. The minimum absolute atomic E-state index is 0.198. The molecule has 0 bridgehead atoms. The van der Waals surface area contributed by atoms with E-state index in [-0.39, 0.29) is 11.5 Å². The molecule has 0 N–H and O–H groups in total. The summed E-state index contributed by atoms with van der Waals surface area (Å²) in [5.41, 5.74) is -0.473. The number of hydrogen-bond acceptors (Lipinski definition) is 6. The van der Waals surface area contributed by atoms with Gasteiger partial charge in [0.25, 0.3) is 5.75 Å². The van der Waals surface area contributed by atoms with Crippen LogP contribution in [0.4, 0.5) is 0 Å². The molecule has 1 aromatic heterocycles. The van der Waals surface area contributed by atoms with Gasteiger partial charge < -0.3 is 18.6 Å². The number of benzene rings is 1. The molecule has 24 heavy (non-hydrogen) atoms. The predicted molar refractivity (Wildman–Crippen MR) is 89.9 cm³/mol. The molecule has 0 aliphatic rings. The summed E-state index contributed by atoms with van der Waals surface area (Å²) in [4.78, 5) is 23.4. The zero-order chi connectivity index (χ0) is 17.5. The number of hydrogen-bond donors (Lipinski definition) is 0. The Bertz CT molecular complexity index is 803. The van der Waals surface area contributed by atoms with Gasteiger partial charge in [-0.2, -0.15) is 0 Å². The van der Waals surface area contributed by atoms with E-state index in [1.54, 1.807) is 18.2 Å². The first-order valence-electron chi connectivity index (χ1n) is 7.67. The summed E-state index contributed by atoms with van der Waals surface area (Å²) < 4.78 is 21.1. The van der Waals surface area contributed by atoms with Crippen LogP contribution >= 0.6 is 0 Å². The molecule has 1 aromatic carbocycles. The van der Waals surface area contributed by atoms with Gasteiger partial charge in [-0.15, -0.1) is 0 Å². The molecule has 0 saturated heterocycles. The third-order valence-corrected chi connectivity index (χ3v) is 3.21. The highest BCUT2D eigenvalue weighted by Gasteiger charge is 2.19. The first-order chi connectivity index (χ1) is 11.6. The molecule has 0 radical (unpaired) electrons. The van der Waals surface area contributed by atoms with Gasteiger partial charge in [-0.1, -0.05) is 19.1 Å². The molecule has 0 saturated carbocycles. The van der Waals surface area contributed by atoms with Gasteiger partial charge in [-0.25, -0.2) is 4.79 Å². The summed E-state index contributed by atoms with van der Waals surface area (Å²) in [6.45, 7) is 3.60. The van der Waals surface area contributed by atoms with Crippen LogP contribution in [-0.4, -0.2) is 19.7 Å². The van der Waals surface area contributed by atoms with Crippen molar-refractivity contribution in [3.05, 3.63) is 40.8 Å². The van der Waals surface area contributed by atoms with E-state index in [1.807, 2.05) is 19.1 Å². The summed E-state index contributed by atoms with van der Waals surface area (Å²) in [6.07, 6.45) is 5.63. The van der Waals surface area contributed by atoms with Crippen molar-refractivity contribution in [2.45, 2.75) is 26.7 Å². The number of allylic oxidation sites excluding steroid dienone is 1. The van der Waals surface area contributed by atoms with Gasteiger partial charge in [0.15, 0.2) is 5.75 Å². The lowest BCUT2D eigenvalue weighted by molar-refractivity contribution is -0.132. The third kappa shape index (κ3) is 4.16. The number of carbonyl (C=O) groups is 1. The fourth-order valence-electron chi connectivity index (χ4n) is 2.15. The molecule has 6 heteroatoms. The van der Waals surface area contributed by atoms with E-state index in [0.717, 1.165) is 6.42 Å². The Labute approximate surface area is 139 Å². The minimum atomic E-state index is -0.773. The summed E-state index contributed by atoms with van der Waals surface area (Å²) >= 11 is 0. The van der Waals surface area contributed by atoms with Gasteiger partial charge in [-0.05, 0) is 25.0 Å². The zero-order valence-corrected chi connectivity index (χ0v) is 14.0. The number of rotatable bonds is 7. The fourth-order valence-corrected chi connectivity index (χ4v) is 2.15. The fraction of sp³-hybridized carbons (Fsp3) is 0.333. The zero-order valence-electron chi connectivity index (χ0n) is 14.0. The highest BCUT2D eigenvalue weighted by atomic mass is 16.6. The van der Waals surface area contributed by atoms with Crippen LogP contribution in [0.15, 0.2) is 39.6 Å². The molecule has 6 nitrogen and oxygen atoms in total. The Balaban J connectivity index is 2.46. The molecular formula is C18H20O6. The van der Waals surface area contributed by atoms with Crippen LogP contribution < -0.4 is 19.8 Å². The molecule has 0 amide bonds. The van der Waals surface area contributed by atoms with Crippen molar-refractivity contribution in [2.75, 3.05) is 13.7 Å². The maximum absolute atomic E-state index is 12.1. The van der Waals surface area contributed by atoms with E-state index in [4.69, 9.17) is 18.6 Å². The van der Waals surface area contributed by atoms with E-state index in [9.17, 15) is 9.59 Å². The Hall–Kier alpha value is -2.76. The van der Waals surface area contributed by atoms with E-state index in [2.05, 4.69) is 0 Å². The molecule has 0 fully saturated rings. The number of carbonyl (C=O) groups excluding carboxylic acids is 1. The molecule has 128 valence electrons. The number of esters is 1. The van der Waals surface area contributed by atoms with Crippen LogP contribution in [0.2, 0.25) is 0 Å². The Morgan fingerprint density at radius 3 is 2.71 bits per heavy atom. The molecule has 0 aliphatic carbocycles. The van der Waals surface area contributed by atoms with Crippen molar-refractivity contribution in [1.29, 1.82) is 0 Å². The SMILES string of the molecule is CC/C=C/CCOc1c(OC(C)=O)c(=O)oc2cc(OC)ccc12. The summed E-state index contributed by atoms with van der Waals surface area (Å²) in [7, 11) is 1.52. The average Bonchev–Trinajstić information content (AvgIpc) is 2.56. The predicted octanol–water partition coefficient (Wildman–Crippen LogP) is 3.46. The van der Waals surface area contributed by atoms with Gasteiger partial charge in [0.2, 0.25) is 0 Å². The summed E-state index contributed by atoms with van der Waals surface area (Å²) in [6, 6.07) is 4.99. The third-order valence-electron chi connectivity index (χ3n) is 3.21. The quantitative estimate of drug-likeness (QED) is 0.334. The smallest absolute Gasteiger partial charge is 0.383 e. The molecule has 2 aromatic rings. The maximum Gasteiger partial charge on any atom is 0.383 e. The topological polar surface area (TPSA) is 75.0 Å². The molecule has 2 rings (SSSR count). The van der Waals surface area contributed by atoms with Crippen LogP contribution in [0.5, 0.6) is 17.2 Å². The van der Waals surface area contributed by atoms with Crippen molar-refractivity contribution < 1.29 is 23.4 Å². The molecular weight excluding hydrogens is 312 g/mol. The molecule has 0 atom stereocenters. The second-order valence-electron chi connectivity index (χ2n) is 5.02. The van der Waals surface area contributed by atoms with Crippen molar-refractivity contribution in [3.63, 3.8) is 0 Å². The van der Waals surface area contributed by atoms with Crippen molar-refractivity contribution >= 4 is 16.9 Å². The van der Waals surface area contributed by atoms with Crippen molar-refractivity contribution in [3.8, 4) is 17.2 Å². The van der Waals surface area contributed by atoms with Crippen molar-refractivity contribution in [2.24, 2.45) is 0 Å². The number of methoxy groups -OCH3 is 1. The lowest BCUT2D eigenvalue weighted by atomic mass is 10.2. The van der Waals surface area contributed by atoms with Gasteiger partial charge in [0.05, 0.1) is 19.1 Å². The van der Waals surface area contributed by atoms with E-state index < -0.39 is 11.6 Å². The average molecular weight is 332 g/mol. The second kappa shape index (κ2) is 8.19. The molecule has 0 spiro atoms. The van der Waals surface area contributed by atoms with Gasteiger partial charge in [-0.3, -0.25) is 4.79 Å². The molecule has 1 heterocycles. The summed E-state index contributed by atoms with van der Waals surface area (Å²) in [5.74, 6) is -0.114. The second-order valence-corrected chi connectivity index (χ2v) is 5.02. The Morgan fingerprint density at radius 2 is 2.04 bits per heavy atom.